The van der Waals surface area contributed by atoms with Gasteiger partial charge >= 0.3 is 0 Å². The SMILES string of the molecule is COc1ccc(C2C3C(=O)CC(C)(C)C=C3Nc3ccccc3N2C(C)=C2C(=O)c3ccccc3C2=O)c(OC)c1. The van der Waals surface area contributed by atoms with Gasteiger partial charge in [-0.15, -0.1) is 0 Å². The molecule has 7 heteroatoms. The fourth-order valence-electron chi connectivity index (χ4n) is 6.47. The number of anilines is 2. The van der Waals surface area contributed by atoms with E-state index < -0.39 is 12.0 Å². The topological polar surface area (TPSA) is 84.9 Å². The molecule has 0 spiro atoms. The third-order valence-electron chi connectivity index (χ3n) is 8.25. The number of Topliss-reactive ketones (excluding diaryl/α,β-unsaturated/α-hetero) is 3. The summed E-state index contributed by atoms with van der Waals surface area (Å²) in [7, 11) is 3.17. The Kier molecular flexibility index (Phi) is 6.33. The third-order valence-corrected chi connectivity index (χ3v) is 8.25. The van der Waals surface area contributed by atoms with E-state index in [1.54, 1.807) is 51.5 Å². The molecule has 0 aromatic heterocycles. The van der Waals surface area contributed by atoms with E-state index in [0.29, 0.717) is 34.7 Å². The molecule has 0 amide bonds. The Bertz CT molecular complexity index is 1640. The third kappa shape index (κ3) is 4.24. The normalized spacial score (nSPS) is 20.8. The van der Waals surface area contributed by atoms with Crippen molar-refractivity contribution >= 4 is 28.7 Å². The van der Waals surface area contributed by atoms with E-state index >= 15 is 0 Å². The maximum Gasteiger partial charge on any atom is 0.199 e. The fraction of sp³-hybridized carbons (Fsp3) is 0.265. The van der Waals surface area contributed by atoms with Crippen molar-refractivity contribution in [3.05, 3.63) is 106 Å². The van der Waals surface area contributed by atoms with Crippen LogP contribution in [0.5, 0.6) is 11.5 Å². The molecule has 2 atom stereocenters. The van der Waals surface area contributed by atoms with E-state index in [2.05, 4.69) is 11.4 Å². The summed E-state index contributed by atoms with van der Waals surface area (Å²) in [5.74, 6) is -0.0352. The molecule has 0 saturated heterocycles. The Balaban J connectivity index is 1.67. The van der Waals surface area contributed by atoms with E-state index in [0.717, 1.165) is 22.6 Å². The number of nitrogens with one attached hydrogen (secondary N) is 1. The second-order valence-corrected chi connectivity index (χ2v) is 11.4. The van der Waals surface area contributed by atoms with Gasteiger partial charge in [-0.05, 0) is 36.6 Å². The van der Waals surface area contributed by atoms with Gasteiger partial charge in [-0.2, -0.15) is 0 Å². The number of carbonyl (C=O) groups is 3. The number of benzene rings is 3. The highest BCUT2D eigenvalue weighted by Gasteiger charge is 2.47. The van der Waals surface area contributed by atoms with Crippen LogP contribution in [0, 0.1) is 11.3 Å². The Morgan fingerprint density at radius 2 is 1.56 bits per heavy atom. The Hall–Kier alpha value is -4.65. The molecule has 0 saturated carbocycles. The second kappa shape index (κ2) is 9.77. The lowest BCUT2D eigenvalue weighted by Crippen LogP contribution is -2.41. The molecule has 3 aliphatic rings. The molecule has 208 valence electrons. The van der Waals surface area contributed by atoms with Crippen molar-refractivity contribution in [2.24, 2.45) is 11.3 Å². The van der Waals surface area contributed by atoms with Crippen LogP contribution >= 0.6 is 0 Å². The predicted molar refractivity (Wildman–Crippen MR) is 158 cm³/mol. The van der Waals surface area contributed by atoms with Crippen molar-refractivity contribution in [2.75, 3.05) is 24.4 Å². The molecule has 2 unspecified atom stereocenters. The van der Waals surface area contributed by atoms with Crippen LogP contribution in [0.4, 0.5) is 11.4 Å². The van der Waals surface area contributed by atoms with Crippen molar-refractivity contribution in [1.29, 1.82) is 0 Å². The number of allylic oxidation sites excluding steroid dienone is 3. The highest BCUT2D eigenvalue weighted by atomic mass is 16.5. The molecule has 41 heavy (non-hydrogen) atoms. The van der Waals surface area contributed by atoms with Crippen molar-refractivity contribution in [3.8, 4) is 11.5 Å². The molecule has 0 bridgehead atoms. The van der Waals surface area contributed by atoms with Gasteiger partial charge in [-0.1, -0.05) is 56.3 Å². The zero-order chi connectivity index (χ0) is 29.1. The van der Waals surface area contributed by atoms with E-state index in [-0.39, 0.29) is 28.3 Å². The summed E-state index contributed by atoms with van der Waals surface area (Å²) in [4.78, 5) is 43.6. The first kappa shape index (κ1) is 26.6. The molecule has 1 N–H and O–H groups in total. The molecule has 0 fully saturated rings. The standard InChI is InChI=1S/C34H32N2O5/c1-19(29-32(38)21-10-6-7-11-22(21)33(29)39)36-26-13-9-8-12-24(26)35-25-17-34(2,3)18-27(37)30(25)31(36)23-15-14-20(40-4)16-28(23)41-5/h6-17,30-31,35H,18H2,1-5H3. The molecule has 6 rings (SSSR count). The highest BCUT2D eigenvalue weighted by Crippen LogP contribution is 2.52. The first-order valence-corrected chi connectivity index (χ1v) is 13.7. The summed E-state index contributed by atoms with van der Waals surface area (Å²) < 4.78 is 11.3. The van der Waals surface area contributed by atoms with Crippen LogP contribution in [-0.4, -0.2) is 31.6 Å². The number of fused-ring (bicyclic) bond motifs is 3. The number of hydrogen-bond donors (Lipinski definition) is 1. The van der Waals surface area contributed by atoms with Crippen LogP contribution in [0.3, 0.4) is 0 Å². The summed E-state index contributed by atoms with van der Waals surface area (Å²) in [6.45, 7) is 5.89. The molecule has 1 aliphatic heterocycles. The van der Waals surface area contributed by atoms with Crippen LogP contribution in [0.25, 0.3) is 0 Å². The van der Waals surface area contributed by atoms with Gasteiger partial charge in [-0.25, -0.2) is 0 Å². The van der Waals surface area contributed by atoms with Gasteiger partial charge in [0.05, 0.1) is 43.1 Å². The lowest BCUT2D eigenvalue weighted by Gasteiger charge is -2.41. The lowest BCUT2D eigenvalue weighted by atomic mass is 9.72. The predicted octanol–water partition coefficient (Wildman–Crippen LogP) is 6.53. The minimum absolute atomic E-state index is 0.0610. The van der Waals surface area contributed by atoms with Crippen molar-refractivity contribution in [2.45, 2.75) is 33.2 Å². The number of hydrogen-bond acceptors (Lipinski definition) is 7. The summed E-state index contributed by atoms with van der Waals surface area (Å²) in [6, 6.07) is 19.5. The number of methoxy groups -OCH3 is 2. The number of nitrogens with zero attached hydrogens (tertiary/aromatic N) is 1. The molecule has 0 radical (unpaired) electrons. The summed E-state index contributed by atoms with van der Waals surface area (Å²) in [5, 5.41) is 3.56. The van der Waals surface area contributed by atoms with Gasteiger partial charge in [0.1, 0.15) is 17.3 Å². The first-order chi connectivity index (χ1) is 19.6. The molecular weight excluding hydrogens is 516 g/mol. The Labute approximate surface area is 239 Å². The number of rotatable bonds is 4. The Morgan fingerprint density at radius 3 is 2.22 bits per heavy atom. The number of ketones is 3. The molecule has 1 heterocycles. The number of carbonyl (C=O) groups excluding carboxylic acids is 3. The van der Waals surface area contributed by atoms with Crippen LogP contribution < -0.4 is 19.7 Å². The zero-order valence-corrected chi connectivity index (χ0v) is 23.8. The summed E-state index contributed by atoms with van der Waals surface area (Å²) >= 11 is 0. The van der Waals surface area contributed by atoms with Gasteiger partial charge < -0.3 is 19.7 Å². The molecule has 3 aromatic carbocycles. The average molecular weight is 549 g/mol. The van der Waals surface area contributed by atoms with Crippen molar-refractivity contribution in [1.82, 2.24) is 0 Å². The van der Waals surface area contributed by atoms with E-state index in [1.807, 2.05) is 55.1 Å². The van der Waals surface area contributed by atoms with Crippen LogP contribution in [-0.2, 0) is 4.79 Å². The smallest absolute Gasteiger partial charge is 0.199 e. The van der Waals surface area contributed by atoms with E-state index in [9.17, 15) is 14.4 Å². The van der Waals surface area contributed by atoms with Gasteiger partial charge in [0.15, 0.2) is 11.6 Å². The molecule has 3 aromatic rings. The average Bonchev–Trinajstić information content (AvgIpc) is 3.11. The van der Waals surface area contributed by atoms with Crippen molar-refractivity contribution in [3.63, 3.8) is 0 Å². The zero-order valence-electron chi connectivity index (χ0n) is 23.8. The fourth-order valence-corrected chi connectivity index (χ4v) is 6.47. The quantitative estimate of drug-likeness (QED) is 0.293. The second-order valence-electron chi connectivity index (χ2n) is 11.4. The van der Waals surface area contributed by atoms with Crippen LogP contribution in [0.2, 0.25) is 0 Å². The minimum Gasteiger partial charge on any atom is -0.497 e. The highest BCUT2D eigenvalue weighted by molar-refractivity contribution is 6.40. The first-order valence-electron chi connectivity index (χ1n) is 13.7. The summed E-state index contributed by atoms with van der Waals surface area (Å²) in [5.41, 5.74) is 4.08. The van der Waals surface area contributed by atoms with Gasteiger partial charge in [0.25, 0.3) is 0 Å². The maximum atomic E-state index is 14.1. The van der Waals surface area contributed by atoms with Crippen LogP contribution in [0.1, 0.15) is 59.5 Å². The van der Waals surface area contributed by atoms with Gasteiger partial charge in [-0.3, -0.25) is 14.4 Å². The Morgan fingerprint density at radius 1 is 0.902 bits per heavy atom. The van der Waals surface area contributed by atoms with E-state index in [1.165, 1.54) is 0 Å². The summed E-state index contributed by atoms with van der Waals surface area (Å²) in [6.07, 6.45) is 2.48. The van der Waals surface area contributed by atoms with E-state index in [4.69, 9.17) is 9.47 Å². The minimum atomic E-state index is -0.626. The maximum absolute atomic E-state index is 14.1. The van der Waals surface area contributed by atoms with Crippen molar-refractivity contribution < 1.29 is 23.9 Å². The lowest BCUT2D eigenvalue weighted by molar-refractivity contribution is -0.124. The molecule has 2 aliphatic carbocycles. The molecular formula is C34H32N2O5. The van der Waals surface area contributed by atoms with Gasteiger partial charge in [0.2, 0.25) is 0 Å². The number of ether oxygens (including phenoxy) is 2. The van der Waals surface area contributed by atoms with Gasteiger partial charge in [0, 0.05) is 40.6 Å². The van der Waals surface area contributed by atoms with Crippen LogP contribution in [0.15, 0.2) is 89.8 Å². The largest absolute Gasteiger partial charge is 0.497 e. The number of para-hydroxylation sites is 2. The molecule has 7 nitrogen and oxygen atoms in total. The monoisotopic (exact) mass is 548 g/mol.